The van der Waals surface area contributed by atoms with Gasteiger partial charge in [0.15, 0.2) is 0 Å². The lowest BCUT2D eigenvalue weighted by molar-refractivity contribution is -0.385. The van der Waals surface area contributed by atoms with Crippen molar-refractivity contribution in [3.05, 3.63) is 39.4 Å². The number of rotatable bonds is 4. The van der Waals surface area contributed by atoms with E-state index in [9.17, 15) is 14.9 Å². The number of methoxy groups -OCH3 is 1. The van der Waals surface area contributed by atoms with Gasteiger partial charge in [-0.2, -0.15) is 5.26 Å². The Morgan fingerprint density at radius 3 is 2.82 bits per heavy atom. The van der Waals surface area contributed by atoms with Gasteiger partial charge in [0.25, 0.3) is 5.69 Å². The molecule has 0 aliphatic carbocycles. The van der Waals surface area contributed by atoms with E-state index in [1.807, 2.05) is 6.07 Å². The molecule has 0 aliphatic heterocycles. The van der Waals surface area contributed by atoms with Gasteiger partial charge in [0, 0.05) is 18.1 Å². The Morgan fingerprint density at radius 2 is 2.29 bits per heavy atom. The van der Waals surface area contributed by atoms with Gasteiger partial charge in [0.05, 0.1) is 23.7 Å². The van der Waals surface area contributed by atoms with Crippen LogP contribution in [0.5, 0.6) is 0 Å². The Hall–Kier alpha value is -2.42. The molecule has 0 atom stereocenters. The largest absolute Gasteiger partial charge is 0.469 e. The standard InChI is InChI=1S/C11H10N2O4/c1-17-11(14)5-4-9-3-2-8(7-12)6-10(9)13(15)16/h2-3,6H,4-5H2,1H3. The summed E-state index contributed by atoms with van der Waals surface area (Å²) in [6.07, 6.45) is 0.290. The first-order valence-corrected chi connectivity index (χ1v) is 4.82. The first-order chi connectivity index (χ1) is 8.08. The predicted molar refractivity (Wildman–Crippen MR) is 58.1 cm³/mol. The van der Waals surface area contributed by atoms with Crippen molar-refractivity contribution >= 4 is 11.7 Å². The molecule has 0 heterocycles. The third kappa shape index (κ3) is 3.28. The van der Waals surface area contributed by atoms with Crippen LogP contribution in [0.3, 0.4) is 0 Å². The molecule has 0 aromatic heterocycles. The number of carbonyl (C=O) groups is 1. The number of hydrogen-bond acceptors (Lipinski definition) is 5. The zero-order valence-corrected chi connectivity index (χ0v) is 9.17. The molecule has 1 rings (SSSR count). The zero-order chi connectivity index (χ0) is 12.8. The molecule has 6 nitrogen and oxygen atoms in total. The second-order valence-electron chi connectivity index (χ2n) is 3.29. The summed E-state index contributed by atoms with van der Waals surface area (Å²) in [5, 5.41) is 19.4. The molecule has 0 amide bonds. The smallest absolute Gasteiger partial charge is 0.305 e. The van der Waals surface area contributed by atoms with Gasteiger partial charge in [-0.15, -0.1) is 0 Å². The second kappa shape index (κ2) is 5.61. The minimum atomic E-state index is -0.562. The number of carbonyl (C=O) groups excluding carboxylic acids is 1. The van der Waals surface area contributed by atoms with Crippen LogP contribution in [0, 0.1) is 21.4 Å². The summed E-state index contributed by atoms with van der Waals surface area (Å²) in [6.45, 7) is 0. The fraction of sp³-hybridized carbons (Fsp3) is 0.273. The molecule has 1 aromatic rings. The third-order valence-corrected chi connectivity index (χ3v) is 2.24. The Kier molecular flexibility index (Phi) is 4.17. The van der Waals surface area contributed by atoms with Gasteiger partial charge in [-0.25, -0.2) is 0 Å². The van der Waals surface area contributed by atoms with Crippen LogP contribution >= 0.6 is 0 Å². The molecule has 0 spiro atoms. The van der Waals surface area contributed by atoms with Crippen LogP contribution in [0.4, 0.5) is 5.69 Å². The highest BCUT2D eigenvalue weighted by molar-refractivity contribution is 5.69. The van der Waals surface area contributed by atoms with E-state index in [4.69, 9.17) is 5.26 Å². The molecule has 0 radical (unpaired) electrons. The van der Waals surface area contributed by atoms with Crippen molar-refractivity contribution in [3.63, 3.8) is 0 Å². The third-order valence-electron chi connectivity index (χ3n) is 2.24. The van der Waals surface area contributed by atoms with Gasteiger partial charge < -0.3 is 4.74 Å². The summed E-state index contributed by atoms with van der Waals surface area (Å²) >= 11 is 0. The summed E-state index contributed by atoms with van der Waals surface area (Å²) in [7, 11) is 1.26. The fourth-order valence-corrected chi connectivity index (χ4v) is 1.35. The number of esters is 1. The van der Waals surface area contributed by atoms with E-state index in [-0.39, 0.29) is 24.1 Å². The molecule has 6 heteroatoms. The maximum atomic E-state index is 10.9. The number of benzene rings is 1. The van der Waals surface area contributed by atoms with Gasteiger partial charge in [-0.3, -0.25) is 14.9 Å². The average molecular weight is 234 g/mol. The summed E-state index contributed by atoms with van der Waals surface area (Å²) in [5.41, 5.74) is 0.492. The molecule has 0 bridgehead atoms. The SMILES string of the molecule is COC(=O)CCc1ccc(C#N)cc1[N+](=O)[O-]. The first kappa shape index (κ1) is 12.6. The average Bonchev–Trinajstić information content (AvgIpc) is 2.35. The number of nitro benzene ring substituents is 1. The minimum Gasteiger partial charge on any atom is -0.469 e. The monoisotopic (exact) mass is 234 g/mol. The Bertz CT molecular complexity index is 491. The molecule has 0 unspecified atom stereocenters. The number of nitro groups is 1. The Labute approximate surface area is 97.6 Å². The number of hydrogen-bond donors (Lipinski definition) is 0. The van der Waals surface area contributed by atoms with Crippen LogP contribution in [0.25, 0.3) is 0 Å². The van der Waals surface area contributed by atoms with Gasteiger partial charge in [0.2, 0.25) is 0 Å². The van der Waals surface area contributed by atoms with Crippen LogP contribution in [0.15, 0.2) is 18.2 Å². The minimum absolute atomic E-state index is 0.0727. The van der Waals surface area contributed by atoms with Crippen molar-refractivity contribution in [2.75, 3.05) is 7.11 Å². The second-order valence-corrected chi connectivity index (χ2v) is 3.29. The topological polar surface area (TPSA) is 93.2 Å². The van der Waals surface area contributed by atoms with Gasteiger partial charge in [-0.1, -0.05) is 6.07 Å². The molecular weight excluding hydrogens is 224 g/mol. The lowest BCUT2D eigenvalue weighted by Crippen LogP contribution is -2.04. The maximum Gasteiger partial charge on any atom is 0.305 e. The van der Waals surface area contributed by atoms with Crippen molar-refractivity contribution in [3.8, 4) is 6.07 Å². The normalized spacial score (nSPS) is 9.41. The Morgan fingerprint density at radius 1 is 1.59 bits per heavy atom. The maximum absolute atomic E-state index is 10.9. The van der Waals surface area contributed by atoms with E-state index >= 15 is 0 Å². The van der Waals surface area contributed by atoms with E-state index in [0.29, 0.717) is 5.56 Å². The van der Waals surface area contributed by atoms with Crippen molar-refractivity contribution in [1.82, 2.24) is 0 Å². The van der Waals surface area contributed by atoms with E-state index < -0.39 is 10.9 Å². The van der Waals surface area contributed by atoms with E-state index in [0.717, 1.165) is 0 Å². The van der Waals surface area contributed by atoms with Gasteiger partial charge >= 0.3 is 5.97 Å². The van der Waals surface area contributed by atoms with Crippen molar-refractivity contribution in [2.24, 2.45) is 0 Å². The molecule has 0 aliphatic rings. The number of nitrogens with zero attached hydrogens (tertiary/aromatic N) is 2. The summed E-state index contributed by atoms with van der Waals surface area (Å²) in [6, 6.07) is 6.00. The van der Waals surface area contributed by atoms with Crippen LogP contribution < -0.4 is 0 Å². The number of ether oxygens (including phenoxy) is 1. The van der Waals surface area contributed by atoms with Crippen LogP contribution in [0.1, 0.15) is 17.5 Å². The first-order valence-electron chi connectivity index (χ1n) is 4.82. The molecule has 1 aromatic carbocycles. The zero-order valence-electron chi connectivity index (χ0n) is 9.17. The molecule has 88 valence electrons. The lowest BCUT2D eigenvalue weighted by Gasteiger charge is -2.02. The summed E-state index contributed by atoms with van der Waals surface area (Å²) in [4.78, 5) is 21.2. The van der Waals surface area contributed by atoms with Crippen molar-refractivity contribution in [2.45, 2.75) is 12.8 Å². The lowest BCUT2D eigenvalue weighted by atomic mass is 10.1. The molecule has 0 N–H and O–H groups in total. The Balaban J connectivity index is 2.95. The van der Waals surface area contributed by atoms with Gasteiger partial charge in [0.1, 0.15) is 0 Å². The quantitative estimate of drug-likeness (QED) is 0.447. The molecular formula is C11H10N2O4. The number of nitriles is 1. The molecule has 17 heavy (non-hydrogen) atoms. The molecule has 0 fully saturated rings. The summed E-state index contributed by atoms with van der Waals surface area (Å²) in [5.74, 6) is -0.427. The summed E-state index contributed by atoms with van der Waals surface area (Å²) < 4.78 is 4.46. The van der Waals surface area contributed by atoms with E-state index in [1.165, 1.54) is 25.3 Å². The molecule has 0 saturated carbocycles. The van der Waals surface area contributed by atoms with Crippen molar-refractivity contribution in [1.29, 1.82) is 5.26 Å². The van der Waals surface area contributed by atoms with Crippen LogP contribution in [-0.4, -0.2) is 18.0 Å². The predicted octanol–water partition coefficient (Wildman–Crippen LogP) is 1.57. The molecule has 0 saturated heterocycles. The fourth-order valence-electron chi connectivity index (χ4n) is 1.35. The highest BCUT2D eigenvalue weighted by atomic mass is 16.6. The van der Waals surface area contributed by atoms with Gasteiger partial charge in [-0.05, 0) is 12.5 Å². The van der Waals surface area contributed by atoms with Crippen LogP contribution in [0.2, 0.25) is 0 Å². The van der Waals surface area contributed by atoms with E-state index in [1.54, 1.807) is 0 Å². The number of aryl methyl sites for hydroxylation is 1. The highest BCUT2D eigenvalue weighted by Gasteiger charge is 2.15. The highest BCUT2D eigenvalue weighted by Crippen LogP contribution is 2.21. The van der Waals surface area contributed by atoms with Crippen LogP contribution in [-0.2, 0) is 16.0 Å². The van der Waals surface area contributed by atoms with E-state index in [2.05, 4.69) is 4.74 Å². The van der Waals surface area contributed by atoms with Crippen molar-refractivity contribution < 1.29 is 14.5 Å².